The predicted octanol–water partition coefficient (Wildman–Crippen LogP) is 1.79. The van der Waals surface area contributed by atoms with Crippen molar-refractivity contribution in [2.75, 3.05) is 19.6 Å². The van der Waals surface area contributed by atoms with Gasteiger partial charge in [-0.3, -0.25) is 14.9 Å². The third kappa shape index (κ3) is 2.93. The highest BCUT2D eigenvalue weighted by Gasteiger charge is 2.26. The molecule has 1 aliphatic rings. The van der Waals surface area contributed by atoms with E-state index in [1.807, 2.05) is 6.92 Å². The number of nitro groups is 1. The molecule has 19 heavy (non-hydrogen) atoms. The second kappa shape index (κ2) is 5.66. The van der Waals surface area contributed by atoms with E-state index in [1.165, 1.54) is 18.2 Å². The van der Waals surface area contributed by atoms with Crippen molar-refractivity contribution in [3.8, 4) is 0 Å². The standard InChI is InChI=1S/C12H14BrN3O3/c1-8-7-14-4-5-15(8)12(17)10-3-2-9(16(18)19)6-11(10)13/h2-3,6,8,14H,4-5,7H2,1H3/t8-/m1/s1. The van der Waals surface area contributed by atoms with Gasteiger partial charge in [-0.2, -0.15) is 0 Å². The molecule has 1 aromatic carbocycles. The molecule has 1 saturated heterocycles. The predicted molar refractivity (Wildman–Crippen MR) is 74.2 cm³/mol. The van der Waals surface area contributed by atoms with Crippen molar-refractivity contribution in [3.05, 3.63) is 38.3 Å². The van der Waals surface area contributed by atoms with E-state index in [0.717, 1.165) is 13.1 Å². The number of carbonyl (C=O) groups is 1. The first-order chi connectivity index (χ1) is 9.00. The van der Waals surface area contributed by atoms with Crippen molar-refractivity contribution in [3.63, 3.8) is 0 Å². The van der Waals surface area contributed by atoms with Gasteiger partial charge in [0.05, 0.1) is 10.5 Å². The van der Waals surface area contributed by atoms with Gasteiger partial charge in [0.25, 0.3) is 11.6 Å². The van der Waals surface area contributed by atoms with Gasteiger partial charge in [0.15, 0.2) is 0 Å². The smallest absolute Gasteiger partial charge is 0.270 e. The Balaban J connectivity index is 2.26. The summed E-state index contributed by atoms with van der Waals surface area (Å²) in [6.07, 6.45) is 0. The SMILES string of the molecule is C[C@@H]1CNCCN1C(=O)c1ccc([N+](=O)[O-])cc1Br. The summed E-state index contributed by atoms with van der Waals surface area (Å²) in [5.74, 6) is -0.101. The van der Waals surface area contributed by atoms with E-state index in [9.17, 15) is 14.9 Å². The van der Waals surface area contributed by atoms with Crippen LogP contribution in [-0.2, 0) is 0 Å². The molecule has 0 aromatic heterocycles. The fourth-order valence-corrected chi connectivity index (χ4v) is 2.62. The normalized spacial score (nSPS) is 19.3. The van der Waals surface area contributed by atoms with Crippen LogP contribution in [0.15, 0.2) is 22.7 Å². The lowest BCUT2D eigenvalue weighted by molar-refractivity contribution is -0.384. The molecule has 1 N–H and O–H groups in total. The van der Waals surface area contributed by atoms with Gasteiger partial charge in [-0.05, 0) is 28.9 Å². The summed E-state index contributed by atoms with van der Waals surface area (Å²) in [7, 11) is 0. The molecular formula is C12H14BrN3O3. The monoisotopic (exact) mass is 327 g/mol. The van der Waals surface area contributed by atoms with Crippen LogP contribution < -0.4 is 5.32 Å². The number of rotatable bonds is 2. The molecule has 6 nitrogen and oxygen atoms in total. The summed E-state index contributed by atoms with van der Waals surface area (Å²) in [5.41, 5.74) is 0.427. The lowest BCUT2D eigenvalue weighted by Crippen LogP contribution is -2.52. The minimum absolute atomic E-state index is 0.0308. The number of amides is 1. The quantitative estimate of drug-likeness (QED) is 0.663. The van der Waals surface area contributed by atoms with Crippen molar-refractivity contribution < 1.29 is 9.72 Å². The number of benzene rings is 1. The fraction of sp³-hybridized carbons (Fsp3) is 0.417. The molecule has 7 heteroatoms. The molecule has 0 spiro atoms. The van der Waals surface area contributed by atoms with Gasteiger partial charge in [-0.15, -0.1) is 0 Å². The maximum Gasteiger partial charge on any atom is 0.270 e. The Morgan fingerprint density at radius 1 is 1.58 bits per heavy atom. The molecule has 0 unspecified atom stereocenters. The Kier molecular flexibility index (Phi) is 4.16. The molecule has 1 fully saturated rings. The maximum atomic E-state index is 12.4. The second-order valence-corrected chi connectivity index (χ2v) is 5.33. The van der Waals surface area contributed by atoms with Gasteiger partial charge in [0, 0.05) is 42.3 Å². The Hall–Kier alpha value is -1.47. The number of non-ortho nitro benzene ring substituents is 1. The first kappa shape index (κ1) is 14.0. The Bertz CT molecular complexity index is 521. The molecule has 1 amide bonds. The van der Waals surface area contributed by atoms with E-state index in [1.54, 1.807) is 4.90 Å². The Labute approximate surface area is 119 Å². The minimum atomic E-state index is -0.480. The number of hydrogen-bond donors (Lipinski definition) is 1. The van der Waals surface area contributed by atoms with E-state index in [0.29, 0.717) is 16.6 Å². The van der Waals surface area contributed by atoms with Gasteiger partial charge in [0.1, 0.15) is 0 Å². The summed E-state index contributed by atoms with van der Waals surface area (Å²) in [4.78, 5) is 24.4. The third-order valence-electron chi connectivity index (χ3n) is 3.16. The molecule has 1 atom stereocenters. The minimum Gasteiger partial charge on any atom is -0.333 e. The van der Waals surface area contributed by atoms with Crippen LogP contribution in [0, 0.1) is 10.1 Å². The summed E-state index contributed by atoms with van der Waals surface area (Å²) in [5, 5.41) is 13.9. The highest BCUT2D eigenvalue weighted by Crippen LogP contribution is 2.25. The van der Waals surface area contributed by atoms with Crippen LogP contribution >= 0.6 is 15.9 Å². The Morgan fingerprint density at radius 2 is 2.32 bits per heavy atom. The zero-order valence-corrected chi connectivity index (χ0v) is 12.0. The first-order valence-electron chi connectivity index (χ1n) is 5.96. The van der Waals surface area contributed by atoms with Crippen LogP contribution in [0.1, 0.15) is 17.3 Å². The molecule has 102 valence electrons. The van der Waals surface area contributed by atoms with Gasteiger partial charge < -0.3 is 10.2 Å². The number of nitrogens with zero attached hydrogens (tertiary/aromatic N) is 2. The summed E-state index contributed by atoms with van der Waals surface area (Å²) < 4.78 is 0.456. The Morgan fingerprint density at radius 3 is 2.89 bits per heavy atom. The highest BCUT2D eigenvalue weighted by atomic mass is 79.9. The molecule has 0 radical (unpaired) electrons. The number of nitro benzene ring substituents is 1. The summed E-state index contributed by atoms with van der Waals surface area (Å²) in [6, 6.07) is 4.33. The van der Waals surface area contributed by atoms with Crippen molar-refractivity contribution in [1.82, 2.24) is 10.2 Å². The van der Waals surface area contributed by atoms with E-state index in [-0.39, 0.29) is 17.6 Å². The molecule has 0 saturated carbocycles. The van der Waals surface area contributed by atoms with Crippen LogP contribution in [0.25, 0.3) is 0 Å². The average molecular weight is 328 g/mol. The lowest BCUT2D eigenvalue weighted by Gasteiger charge is -2.34. The van der Waals surface area contributed by atoms with Crippen molar-refractivity contribution in [2.45, 2.75) is 13.0 Å². The number of halogens is 1. The average Bonchev–Trinajstić information content (AvgIpc) is 2.38. The lowest BCUT2D eigenvalue weighted by atomic mass is 10.1. The zero-order chi connectivity index (χ0) is 14.0. The summed E-state index contributed by atoms with van der Waals surface area (Å²) >= 11 is 3.24. The van der Waals surface area contributed by atoms with E-state index in [2.05, 4.69) is 21.2 Å². The topological polar surface area (TPSA) is 75.5 Å². The molecule has 1 heterocycles. The molecule has 1 aliphatic heterocycles. The van der Waals surface area contributed by atoms with Crippen LogP contribution in [0.4, 0.5) is 5.69 Å². The van der Waals surface area contributed by atoms with Crippen molar-refractivity contribution in [2.24, 2.45) is 0 Å². The first-order valence-corrected chi connectivity index (χ1v) is 6.75. The molecular weight excluding hydrogens is 314 g/mol. The van der Waals surface area contributed by atoms with Gasteiger partial charge in [-0.25, -0.2) is 0 Å². The number of piperazine rings is 1. The van der Waals surface area contributed by atoms with Crippen LogP contribution in [0.5, 0.6) is 0 Å². The molecule has 0 aliphatic carbocycles. The number of hydrogen-bond acceptors (Lipinski definition) is 4. The number of nitrogens with one attached hydrogen (secondary N) is 1. The van der Waals surface area contributed by atoms with Crippen LogP contribution in [0.3, 0.4) is 0 Å². The third-order valence-corrected chi connectivity index (χ3v) is 3.81. The van der Waals surface area contributed by atoms with E-state index >= 15 is 0 Å². The molecule has 0 bridgehead atoms. The zero-order valence-electron chi connectivity index (χ0n) is 10.4. The van der Waals surface area contributed by atoms with E-state index in [4.69, 9.17) is 0 Å². The van der Waals surface area contributed by atoms with Crippen LogP contribution in [0.2, 0.25) is 0 Å². The fourth-order valence-electron chi connectivity index (χ4n) is 2.09. The van der Waals surface area contributed by atoms with Gasteiger partial charge >= 0.3 is 0 Å². The number of carbonyl (C=O) groups excluding carboxylic acids is 1. The highest BCUT2D eigenvalue weighted by molar-refractivity contribution is 9.10. The second-order valence-electron chi connectivity index (χ2n) is 4.47. The summed E-state index contributed by atoms with van der Waals surface area (Å²) in [6.45, 7) is 4.14. The van der Waals surface area contributed by atoms with Gasteiger partial charge in [-0.1, -0.05) is 0 Å². The largest absolute Gasteiger partial charge is 0.333 e. The van der Waals surface area contributed by atoms with Crippen molar-refractivity contribution in [1.29, 1.82) is 0 Å². The van der Waals surface area contributed by atoms with E-state index < -0.39 is 4.92 Å². The molecule has 1 aromatic rings. The van der Waals surface area contributed by atoms with Crippen molar-refractivity contribution >= 4 is 27.5 Å². The van der Waals surface area contributed by atoms with Crippen LogP contribution in [-0.4, -0.2) is 41.4 Å². The maximum absolute atomic E-state index is 12.4. The van der Waals surface area contributed by atoms with Gasteiger partial charge in [0.2, 0.25) is 0 Å². The molecule has 2 rings (SSSR count).